The van der Waals surface area contributed by atoms with E-state index in [0.29, 0.717) is 17.0 Å². The van der Waals surface area contributed by atoms with E-state index in [4.69, 9.17) is 28.4 Å². The highest BCUT2D eigenvalue weighted by molar-refractivity contribution is 5.86. The Morgan fingerprint density at radius 3 is 2.33 bits per heavy atom. The molecule has 0 aliphatic carbocycles. The van der Waals surface area contributed by atoms with Crippen molar-refractivity contribution in [3.05, 3.63) is 42.3 Å². The van der Waals surface area contributed by atoms with Gasteiger partial charge in [0.1, 0.15) is 18.1 Å². The van der Waals surface area contributed by atoms with Gasteiger partial charge in [0.05, 0.1) is 32.5 Å². The molecular weight excluding hydrogens is 556 g/mol. The molecule has 2 aromatic rings. The lowest BCUT2D eigenvalue weighted by Crippen LogP contribution is -2.60. The lowest BCUT2D eigenvalue weighted by atomic mass is 9.91. The number of esters is 4. The second-order valence-electron chi connectivity index (χ2n) is 9.16. The number of carbonyl (C=O) groups excluding carboxylic acids is 5. The highest BCUT2D eigenvalue weighted by atomic mass is 16.6. The summed E-state index contributed by atoms with van der Waals surface area (Å²) in [7, 11) is 2.66. The molecule has 1 N–H and O–H groups in total. The number of benzene rings is 1. The van der Waals surface area contributed by atoms with Crippen LogP contribution in [0.25, 0.3) is 11.3 Å². The fourth-order valence-corrected chi connectivity index (χ4v) is 4.34. The number of hydrogen-bond donors (Lipinski definition) is 1. The van der Waals surface area contributed by atoms with E-state index < -0.39 is 66.8 Å². The van der Waals surface area contributed by atoms with Crippen molar-refractivity contribution in [1.29, 1.82) is 0 Å². The maximum Gasteiger partial charge on any atom is 0.373 e. The van der Waals surface area contributed by atoms with E-state index in [0.717, 1.165) is 27.9 Å². The first-order valence-electron chi connectivity index (χ1n) is 12.7. The minimum Gasteiger partial charge on any atom is -0.497 e. The van der Waals surface area contributed by atoms with Gasteiger partial charge in [0, 0.05) is 33.3 Å². The zero-order chi connectivity index (χ0) is 31.0. The molecular formula is C27H32N4O11. The second kappa shape index (κ2) is 14.1. The van der Waals surface area contributed by atoms with Crippen LogP contribution >= 0.6 is 0 Å². The summed E-state index contributed by atoms with van der Waals surface area (Å²) in [6.07, 6.45) is -1.32. The summed E-state index contributed by atoms with van der Waals surface area (Å²) in [4.78, 5) is 60.9. The average molecular weight is 589 g/mol. The Morgan fingerprint density at radius 1 is 1.02 bits per heavy atom. The summed E-state index contributed by atoms with van der Waals surface area (Å²) in [6, 6.07) is 5.03. The molecule has 1 aliphatic heterocycles. The SMILES string of the molecule is COC(=O)C1=C[C@H](n2cc(-c3cccc(OC)c3)nn2)[C@@H](NC(C)=O)[C@H]([C@H](OC(C)=O)[C@@H](COC(C)=O)OC(C)=O)O1. The molecule has 0 fully saturated rings. The first-order valence-corrected chi connectivity index (χ1v) is 12.7. The average Bonchev–Trinajstić information content (AvgIpc) is 3.43. The molecule has 15 heteroatoms. The fourth-order valence-electron chi connectivity index (χ4n) is 4.34. The van der Waals surface area contributed by atoms with Gasteiger partial charge in [0.2, 0.25) is 11.7 Å². The van der Waals surface area contributed by atoms with Crippen LogP contribution in [0.1, 0.15) is 33.7 Å². The lowest BCUT2D eigenvalue weighted by molar-refractivity contribution is -0.188. The van der Waals surface area contributed by atoms with Gasteiger partial charge >= 0.3 is 23.9 Å². The van der Waals surface area contributed by atoms with Gasteiger partial charge in [-0.05, 0) is 18.2 Å². The van der Waals surface area contributed by atoms with E-state index in [1.54, 1.807) is 30.5 Å². The van der Waals surface area contributed by atoms with Crippen LogP contribution in [0.5, 0.6) is 5.75 Å². The molecule has 5 atom stereocenters. The molecule has 42 heavy (non-hydrogen) atoms. The highest BCUT2D eigenvalue weighted by Crippen LogP contribution is 2.33. The summed E-state index contributed by atoms with van der Waals surface area (Å²) >= 11 is 0. The predicted molar refractivity (Wildman–Crippen MR) is 141 cm³/mol. The van der Waals surface area contributed by atoms with Crippen LogP contribution in [-0.2, 0) is 47.7 Å². The van der Waals surface area contributed by atoms with Crippen LogP contribution in [0.3, 0.4) is 0 Å². The summed E-state index contributed by atoms with van der Waals surface area (Å²) in [5, 5.41) is 11.2. The number of methoxy groups -OCH3 is 2. The minimum atomic E-state index is -1.49. The first-order chi connectivity index (χ1) is 19.9. The topological polar surface area (TPSA) is 183 Å². The van der Waals surface area contributed by atoms with Crippen LogP contribution in [0.15, 0.2) is 42.3 Å². The third-order valence-electron chi connectivity index (χ3n) is 6.01. The molecule has 0 saturated heterocycles. The molecule has 1 aromatic carbocycles. The van der Waals surface area contributed by atoms with Crippen LogP contribution in [0.4, 0.5) is 0 Å². The summed E-state index contributed by atoms with van der Waals surface area (Å²) < 4.78 is 33.4. The van der Waals surface area contributed by atoms with Crippen molar-refractivity contribution in [2.45, 2.75) is 58.1 Å². The molecule has 1 aromatic heterocycles. The van der Waals surface area contributed by atoms with Gasteiger partial charge in [-0.1, -0.05) is 17.3 Å². The van der Waals surface area contributed by atoms with Gasteiger partial charge in [0.15, 0.2) is 18.3 Å². The Bertz CT molecular complexity index is 1360. The van der Waals surface area contributed by atoms with Gasteiger partial charge in [-0.3, -0.25) is 19.2 Å². The van der Waals surface area contributed by atoms with Gasteiger partial charge < -0.3 is 33.7 Å². The van der Waals surface area contributed by atoms with Gasteiger partial charge in [-0.2, -0.15) is 0 Å². The molecule has 0 spiro atoms. The normalized spacial score (nSPS) is 19.2. The Kier molecular flexibility index (Phi) is 10.6. The van der Waals surface area contributed by atoms with E-state index in [9.17, 15) is 24.0 Å². The van der Waals surface area contributed by atoms with Crippen molar-refractivity contribution in [1.82, 2.24) is 20.3 Å². The number of hydrogen-bond acceptors (Lipinski definition) is 13. The molecule has 0 saturated carbocycles. The Balaban J connectivity index is 2.15. The summed E-state index contributed by atoms with van der Waals surface area (Å²) in [5.74, 6) is -3.40. The zero-order valence-corrected chi connectivity index (χ0v) is 23.9. The molecule has 1 aliphatic rings. The largest absolute Gasteiger partial charge is 0.497 e. The number of rotatable bonds is 11. The van der Waals surface area contributed by atoms with Gasteiger partial charge in [0.25, 0.3) is 0 Å². The predicted octanol–water partition coefficient (Wildman–Crippen LogP) is 0.882. The van der Waals surface area contributed by atoms with Crippen LogP contribution in [-0.4, -0.2) is 90.0 Å². The van der Waals surface area contributed by atoms with Crippen molar-refractivity contribution in [3.8, 4) is 17.0 Å². The standard InChI is InChI=1S/C27H32N4O11/c1-14(32)28-24-21(31-12-20(29-30-31)18-8-7-9-19(10-18)37-5)11-22(27(36)38-6)42-26(24)25(41-17(4)35)23(40-16(3)34)13-39-15(2)33/h7-12,21,23-26H,13H2,1-6H3,(H,28,32)/t21-,23+,24+,25+,26+/m0/s1. The molecule has 0 bridgehead atoms. The molecule has 0 unspecified atom stereocenters. The van der Waals surface area contributed by atoms with Crippen molar-refractivity contribution in [2.75, 3.05) is 20.8 Å². The van der Waals surface area contributed by atoms with Gasteiger partial charge in [-0.15, -0.1) is 5.10 Å². The zero-order valence-electron chi connectivity index (χ0n) is 23.9. The molecule has 0 radical (unpaired) electrons. The fraction of sp³-hybridized carbons (Fsp3) is 0.444. The molecule has 15 nitrogen and oxygen atoms in total. The van der Waals surface area contributed by atoms with Crippen molar-refractivity contribution >= 4 is 29.8 Å². The highest BCUT2D eigenvalue weighted by Gasteiger charge is 2.48. The minimum absolute atomic E-state index is 0.307. The Hall–Kier alpha value is -4.95. The monoisotopic (exact) mass is 588 g/mol. The van der Waals surface area contributed by atoms with Crippen LogP contribution in [0, 0.1) is 0 Å². The lowest BCUT2D eigenvalue weighted by Gasteiger charge is -2.41. The number of nitrogens with zero attached hydrogens (tertiary/aromatic N) is 3. The Morgan fingerprint density at radius 2 is 1.74 bits per heavy atom. The number of amides is 1. The number of ether oxygens (including phenoxy) is 6. The van der Waals surface area contributed by atoms with E-state index >= 15 is 0 Å². The van der Waals surface area contributed by atoms with E-state index in [-0.39, 0.29) is 5.76 Å². The summed E-state index contributed by atoms with van der Waals surface area (Å²) in [5.41, 5.74) is 1.11. The quantitative estimate of drug-likeness (QED) is 0.289. The van der Waals surface area contributed by atoms with Crippen LogP contribution < -0.4 is 10.1 Å². The number of carbonyl (C=O) groups is 5. The first kappa shape index (κ1) is 31.6. The smallest absolute Gasteiger partial charge is 0.373 e. The molecule has 3 rings (SSSR count). The van der Waals surface area contributed by atoms with Crippen molar-refractivity contribution in [3.63, 3.8) is 0 Å². The van der Waals surface area contributed by atoms with Crippen molar-refractivity contribution in [2.24, 2.45) is 0 Å². The number of aromatic nitrogens is 3. The van der Waals surface area contributed by atoms with E-state index in [1.807, 2.05) is 0 Å². The number of nitrogens with one attached hydrogen (secondary N) is 1. The third kappa shape index (κ3) is 8.05. The molecule has 2 heterocycles. The Labute approximate surface area is 241 Å². The van der Waals surface area contributed by atoms with E-state index in [1.165, 1.54) is 24.8 Å². The van der Waals surface area contributed by atoms with Gasteiger partial charge in [-0.25, -0.2) is 9.48 Å². The molecule has 1 amide bonds. The van der Waals surface area contributed by atoms with Crippen LogP contribution in [0.2, 0.25) is 0 Å². The second-order valence-corrected chi connectivity index (χ2v) is 9.16. The molecule has 226 valence electrons. The van der Waals surface area contributed by atoms with Crippen molar-refractivity contribution < 1.29 is 52.4 Å². The van der Waals surface area contributed by atoms with E-state index in [2.05, 4.69) is 15.6 Å². The maximum absolute atomic E-state index is 12.7. The third-order valence-corrected chi connectivity index (χ3v) is 6.01. The summed E-state index contributed by atoms with van der Waals surface area (Å²) in [6.45, 7) is 4.08. The maximum atomic E-state index is 12.7.